The Balaban J connectivity index is 1.72. The summed E-state index contributed by atoms with van der Waals surface area (Å²) in [4.78, 5) is 26.0. The number of nitrogens with zero attached hydrogens (tertiary/aromatic N) is 1. The van der Waals surface area contributed by atoms with E-state index in [-0.39, 0.29) is 17.3 Å². The monoisotopic (exact) mass is 362 g/mol. The highest BCUT2D eigenvalue weighted by Gasteiger charge is 2.59. The van der Waals surface area contributed by atoms with Crippen molar-refractivity contribution in [3.05, 3.63) is 71.3 Å². The Kier molecular flexibility index (Phi) is 3.84. The first kappa shape index (κ1) is 17.3. The van der Waals surface area contributed by atoms with Crippen molar-refractivity contribution in [2.45, 2.75) is 24.9 Å². The van der Waals surface area contributed by atoms with Gasteiger partial charge < -0.3 is 15.0 Å². The summed E-state index contributed by atoms with van der Waals surface area (Å²) in [6.45, 7) is 4.65. The Morgan fingerprint density at radius 2 is 1.85 bits per heavy atom. The average molecular weight is 362 g/mol. The Bertz CT molecular complexity index is 946. The van der Waals surface area contributed by atoms with Crippen LogP contribution in [-0.2, 0) is 14.9 Å². The number of hydrogen-bond acceptors (Lipinski definition) is 4. The van der Waals surface area contributed by atoms with Gasteiger partial charge >= 0.3 is 5.97 Å². The van der Waals surface area contributed by atoms with Crippen LogP contribution in [0.2, 0.25) is 0 Å². The molecular weight excluding hydrogens is 340 g/mol. The summed E-state index contributed by atoms with van der Waals surface area (Å²) < 4.78 is 4.74. The maximum absolute atomic E-state index is 12.3. The summed E-state index contributed by atoms with van der Waals surface area (Å²) in [5.74, 6) is -0.339. The number of carbonyl (C=O) groups is 2. The fraction of sp³-hybridized carbons (Fsp3) is 0.273. The van der Waals surface area contributed by atoms with Crippen LogP contribution in [0.1, 0.15) is 35.3 Å². The summed E-state index contributed by atoms with van der Waals surface area (Å²) in [6.07, 6.45) is 4.05. The van der Waals surface area contributed by atoms with Crippen molar-refractivity contribution in [2.24, 2.45) is 0 Å². The molecule has 5 nitrogen and oxygen atoms in total. The van der Waals surface area contributed by atoms with Gasteiger partial charge in [0.05, 0.1) is 19.2 Å². The number of para-hydroxylation sites is 1. The van der Waals surface area contributed by atoms with Gasteiger partial charge in [-0.2, -0.15) is 0 Å². The van der Waals surface area contributed by atoms with E-state index in [0.29, 0.717) is 12.1 Å². The second-order valence-corrected chi connectivity index (χ2v) is 7.49. The van der Waals surface area contributed by atoms with Crippen LogP contribution < -0.4 is 10.2 Å². The van der Waals surface area contributed by atoms with E-state index in [1.165, 1.54) is 12.7 Å². The molecule has 0 spiro atoms. The predicted octanol–water partition coefficient (Wildman–Crippen LogP) is 3.11. The van der Waals surface area contributed by atoms with Gasteiger partial charge in [-0.05, 0) is 35.4 Å². The number of ether oxygens (including phenoxy) is 1. The van der Waals surface area contributed by atoms with Crippen LogP contribution in [-0.4, -0.2) is 31.2 Å². The van der Waals surface area contributed by atoms with Crippen LogP contribution in [0.5, 0.6) is 0 Å². The predicted molar refractivity (Wildman–Crippen MR) is 105 cm³/mol. The molecule has 1 atom stereocenters. The van der Waals surface area contributed by atoms with Crippen LogP contribution in [0.4, 0.5) is 5.69 Å². The molecule has 1 amide bonds. The molecule has 2 aliphatic heterocycles. The minimum absolute atomic E-state index is 0.0169. The molecule has 2 aromatic carbocycles. The third kappa shape index (κ3) is 2.46. The zero-order valence-corrected chi connectivity index (χ0v) is 15.7. The first-order valence-electron chi connectivity index (χ1n) is 8.95. The van der Waals surface area contributed by atoms with Crippen LogP contribution in [0.15, 0.2) is 54.6 Å². The van der Waals surface area contributed by atoms with E-state index in [9.17, 15) is 9.59 Å². The molecule has 0 saturated carbocycles. The van der Waals surface area contributed by atoms with E-state index in [1.807, 2.05) is 30.3 Å². The summed E-state index contributed by atoms with van der Waals surface area (Å²) in [7, 11) is 1.37. The summed E-state index contributed by atoms with van der Waals surface area (Å²) >= 11 is 0. The van der Waals surface area contributed by atoms with Gasteiger partial charge in [0.15, 0.2) is 0 Å². The van der Waals surface area contributed by atoms with Gasteiger partial charge in [-0.15, -0.1) is 0 Å². The standard InChI is InChI=1S/C22H22N2O3/c1-21(2)17-6-4-5-7-18(17)24-14-19(25)23-22(21,24)13-12-15-8-10-16(11-9-15)20(26)27-3/h4-13H,14H2,1-3H3,(H,23,25)/b13-12+/t22-/m1/s1. The number of anilines is 1. The molecule has 0 unspecified atom stereocenters. The first-order chi connectivity index (χ1) is 12.9. The van der Waals surface area contributed by atoms with Gasteiger partial charge in [0.2, 0.25) is 5.91 Å². The molecule has 138 valence electrons. The van der Waals surface area contributed by atoms with Crippen molar-refractivity contribution in [1.82, 2.24) is 5.32 Å². The minimum Gasteiger partial charge on any atom is -0.465 e. The fourth-order valence-electron chi connectivity index (χ4n) is 4.20. The molecule has 1 saturated heterocycles. The molecule has 1 N–H and O–H groups in total. The number of amides is 1. The maximum atomic E-state index is 12.3. The third-order valence-corrected chi connectivity index (χ3v) is 5.73. The normalized spacial score (nSPS) is 22.5. The second kappa shape index (κ2) is 5.98. The van der Waals surface area contributed by atoms with Crippen molar-refractivity contribution < 1.29 is 14.3 Å². The lowest BCUT2D eigenvalue weighted by Crippen LogP contribution is -2.58. The quantitative estimate of drug-likeness (QED) is 0.853. The topological polar surface area (TPSA) is 58.6 Å². The molecule has 4 rings (SSSR count). The molecule has 1 fully saturated rings. The van der Waals surface area contributed by atoms with Crippen LogP contribution >= 0.6 is 0 Å². The molecule has 5 heteroatoms. The van der Waals surface area contributed by atoms with Gasteiger partial charge in [0.25, 0.3) is 0 Å². The summed E-state index contributed by atoms with van der Waals surface area (Å²) in [5, 5.41) is 3.20. The van der Waals surface area contributed by atoms with Gasteiger partial charge in [-0.3, -0.25) is 4.79 Å². The van der Waals surface area contributed by atoms with Gasteiger partial charge in [0, 0.05) is 11.1 Å². The number of methoxy groups -OCH3 is 1. The Hall–Kier alpha value is -3.08. The lowest BCUT2D eigenvalue weighted by Gasteiger charge is -2.40. The average Bonchev–Trinajstić information content (AvgIpc) is 3.11. The highest BCUT2D eigenvalue weighted by molar-refractivity contribution is 5.92. The number of nitrogens with one attached hydrogen (secondary N) is 1. The zero-order valence-electron chi connectivity index (χ0n) is 15.7. The van der Waals surface area contributed by atoms with Gasteiger partial charge in [-0.25, -0.2) is 4.79 Å². The van der Waals surface area contributed by atoms with Crippen LogP contribution in [0, 0.1) is 0 Å². The molecule has 0 aliphatic carbocycles. The number of carbonyl (C=O) groups excluding carboxylic acids is 2. The van der Waals surface area contributed by atoms with Crippen molar-refractivity contribution in [3.8, 4) is 0 Å². The third-order valence-electron chi connectivity index (χ3n) is 5.73. The van der Waals surface area contributed by atoms with Crippen molar-refractivity contribution in [3.63, 3.8) is 0 Å². The van der Waals surface area contributed by atoms with E-state index < -0.39 is 5.66 Å². The van der Waals surface area contributed by atoms with Crippen LogP contribution in [0.25, 0.3) is 6.08 Å². The first-order valence-corrected chi connectivity index (χ1v) is 8.95. The van der Waals surface area contributed by atoms with Crippen molar-refractivity contribution >= 4 is 23.6 Å². The number of fused-ring (bicyclic) bond motifs is 3. The van der Waals surface area contributed by atoms with Gasteiger partial charge in [-0.1, -0.05) is 50.3 Å². The number of benzene rings is 2. The fourth-order valence-corrected chi connectivity index (χ4v) is 4.20. The highest BCUT2D eigenvalue weighted by atomic mass is 16.5. The summed E-state index contributed by atoms with van der Waals surface area (Å²) in [6, 6.07) is 15.5. The van der Waals surface area contributed by atoms with E-state index in [2.05, 4.69) is 42.3 Å². The minimum atomic E-state index is -0.616. The Morgan fingerprint density at radius 3 is 2.56 bits per heavy atom. The molecule has 2 aromatic rings. The molecule has 0 radical (unpaired) electrons. The lowest BCUT2D eigenvalue weighted by atomic mass is 9.75. The van der Waals surface area contributed by atoms with E-state index in [0.717, 1.165) is 11.3 Å². The highest BCUT2D eigenvalue weighted by Crippen LogP contribution is 2.52. The Morgan fingerprint density at radius 1 is 1.15 bits per heavy atom. The molecule has 27 heavy (non-hydrogen) atoms. The summed E-state index contributed by atoms with van der Waals surface area (Å²) in [5.41, 5.74) is 2.86. The van der Waals surface area contributed by atoms with Crippen LogP contribution in [0.3, 0.4) is 0 Å². The van der Waals surface area contributed by atoms with E-state index in [4.69, 9.17) is 4.74 Å². The van der Waals surface area contributed by atoms with E-state index >= 15 is 0 Å². The molecular formula is C22H22N2O3. The van der Waals surface area contributed by atoms with Gasteiger partial charge in [0.1, 0.15) is 5.66 Å². The Labute approximate surface area is 158 Å². The molecule has 0 bridgehead atoms. The molecule has 0 aromatic heterocycles. The zero-order chi connectivity index (χ0) is 19.2. The number of esters is 1. The number of hydrogen-bond donors (Lipinski definition) is 1. The largest absolute Gasteiger partial charge is 0.465 e. The SMILES string of the molecule is COC(=O)c1ccc(/C=C/[C@@]23NC(=O)CN2c2ccccc2C3(C)C)cc1. The maximum Gasteiger partial charge on any atom is 0.337 e. The lowest BCUT2D eigenvalue weighted by molar-refractivity contribution is -0.118. The number of rotatable bonds is 3. The van der Waals surface area contributed by atoms with Crippen molar-refractivity contribution in [2.75, 3.05) is 18.6 Å². The molecule has 2 heterocycles. The van der Waals surface area contributed by atoms with Crippen molar-refractivity contribution in [1.29, 1.82) is 0 Å². The second-order valence-electron chi connectivity index (χ2n) is 7.49. The van der Waals surface area contributed by atoms with E-state index in [1.54, 1.807) is 12.1 Å². The smallest absolute Gasteiger partial charge is 0.337 e. The molecule has 2 aliphatic rings.